The summed E-state index contributed by atoms with van der Waals surface area (Å²) in [5.74, 6) is 1.56. The number of ether oxygens (including phenoxy) is 2. The van der Waals surface area contributed by atoms with E-state index >= 15 is 0 Å². The number of carbonyl (C=O) groups is 1. The lowest BCUT2D eigenvalue weighted by Gasteiger charge is -2.12. The molecule has 164 valence electrons. The number of nitrogens with one attached hydrogen (secondary N) is 1. The molecule has 3 rings (SSSR count). The zero-order valence-electron chi connectivity index (χ0n) is 17.9. The number of hydrogen-bond donors (Lipinski definition) is 1. The molecule has 3 aromatic rings. The zero-order chi connectivity index (χ0) is 23.1. The van der Waals surface area contributed by atoms with Crippen LogP contribution >= 0.6 is 23.4 Å². The molecule has 0 aliphatic carbocycles. The van der Waals surface area contributed by atoms with Crippen molar-refractivity contribution in [3.05, 3.63) is 64.7 Å². The second kappa shape index (κ2) is 10.9. The fourth-order valence-corrected chi connectivity index (χ4v) is 4.01. The third-order valence-corrected chi connectivity index (χ3v) is 6.09. The van der Waals surface area contributed by atoms with Crippen LogP contribution in [0.15, 0.2) is 53.6 Å². The van der Waals surface area contributed by atoms with E-state index < -0.39 is 0 Å². The number of pyridine rings is 1. The maximum Gasteiger partial charge on any atom is 0.225 e. The summed E-state index contributed by atoms with van der Waals surface area (Å²) in [4.78, 5) is 17.1. The smallest absolute Gasteiger partial charge is 0.225 e. The Morgan fingerprint density at radius 1 is 1.16 bits per heavy atom. The topological polar surface area (TPSA) is 84.2 Å². The molecule has 0 bridgehead atoms. The van der Waals surface area contributed by atoms with Crippen LogP contribution in [0.3, 0.4) is 0 Å². The second-order valence-electron chi connectivity index (χ2n) is 6.84. The molecule has 0 saturated heterocycles. The molecule has 1 N–H and O–H groups in total. The highest BCUT2D eigenvalue weighted by Gasteiger charge is 2.12. The van der Waals surface area contributed by atoms with Gasteiger partial charge in [-0.2, -0.15) is 5.26 Å². The molecule has 6 nitrogen and oxygen atoms in total. The van der Waals surface area contributed by atoms with Gasteiger partial charge < -0.3 is 14.8 Å². The Kier molecular flexibility index (Phi) is 7.98. The maximum absolute atomic E-state index is 12.5. The number of anilines is 1. The minimum Gasteiger partial charge on any atom is -0.497 e. The number of carbonyl (C=O) groups excluding carboxylic acids is 1. The minimum absolute atomic E-state index is 0.165. The molecule has 0 saturated carbocycles. The fraction of sp³-hybridized carbons (Fsp3) is 0.208. The summed E-state index contributed by atoms with van der Waals surface area (Å²) < 4.78 is 10.5. The highest BCUT2D eigenvalue weighted by Crippen LogP contribution is 2.31. The van der Waals surface area contributed by atoms with Gasteiger partial charge in [0.1, 0.15) is 22.6 Å². The summed E-state index contributed by atoms with van der Waals surface area (Å²) in [7, 11) is 3.14. The number of aryl methyl sites for hydroxylation is 1. The van der Waals surface area contributed by atoms with E-state index in [1.165, 1.54) is 18.9 Å². The van der Waals surface area contributed by atoms with Crippen LogP contribution in [0.2, 0.25) is 5.02 Å². The van der Waals surface area contributed by atoms with Gasteiger partial charge in [0.2, 0.25) is 5.91 Å². The monoisotopic (exact) mass is 467 g/mol. The molecule has 1 amide bonds. The minimum atomic E-state index is -0.165. The van der Waals surface area contributed by atoms with Gasteiger partial charge in [0.25, 0.3) is 0 Å². The van der Waals surface area contributed by atoms with Gasteiger partial charge in [-0.3, -0.25) is 4.79 Å². The zero-order valence-corrected chi connectivity index (χ0v) is 19.5. The van der Waals surface area contributed by atoms with Crippen molar-refractivity contribution in [3.63, 3.8) is 0 Å². The van der Waals surface area contributed by atoms with Crippen molar-refractivity contribution in [1.82, 2.24) is 4.98 Å². The average molecular weight is 468 g/mol. The summed E-state index contributed by atoms with van der Waals surface area (Å²) in [5.41, 5.74) is 3.56. The number of nitrogens with zero attached hydrogens (tertiary/aromatic N) is 2. The Balaban J connectivity index is 1.67. The molecule has 1 aromatic heterocycles. The maximum atomic E-state index is 12.5. The largest absolute Gasteiger partial charge is 0.497 e. The van der Waals surface area contributed by atoms with Gasteiger partial charge in [-0.15, -0.1) is 11.8 Å². The summed E-state index contributed by atoms with van der Waals surface area (Å²) >= 11 is 7.49. The van der Waals surface area contributed by atoms with Crippen LogP contribution in [0.4, 0.5) is 5.69 Å². The lowest BCUT2D eigenvalue weighted by Crippen LogP contribution is -2.13. The van der Waals surface area contributed by atoms with Gasteiger partial charge >= 0.3 is 0 Å². The Hall–Kier alpha value is -3.21. The SMILES string of the molecule is COc1ccc(-c2ccc(C#N)c(SCCC(=O)Nc3cc(C)c(Cl)cc3OC)n2)cc1. The van der Waals surface area contributed by atoms with Crippen LogP contribution in [-0.2, 0) is 4.79 Å². The molecule has 0 spiro atoms. The fourth-order valence-electron chi connectivity index (χ4n) is 2.94. The molecule has 0 radical (unpaired) electrons. The Bertz CT molecular complexity index is 1160. The number of amides is 1. The number of aromatic nitrogens is 1. The first-order valence-electron chi connectivity index (χ1n) is 9.77. The summed E-state index contributed by atoms with van der Waals surface area (Å²) in [6.45, 7) is 1.86. The van der Waals surface area contributed by atoms with E-state index in [0.29, 0.717) is 32.8 Å². The van der Waals surface area contributed by atoms with Crippen molar-refractivity contribution in [2.24, 2.45) is 0 Å². The van der Waals surface area contributed by atoms with Gasteiger partial charge in [0.15, 0.2) is 0 Å². The average Bonchev–Trinajstić information content (AvgIpc) is 2.81. The van der Waals surface area contributed by atoms with Gasteiger partial charge in [-0.1, -0.05) is 11.6 Å². The van der Waals surface area contributed by atoms with E-state index in [-0.39, 0.29) is 12.3 Å². The van der Waals surface area contributed by atoms with Crippen LogP contribution in [0, 0.1) is 18.3 Å². The first-order chi connectivity index (χ1) is 15.4. The predicted octanol–water partition coefficient (Wildman–Crippen LogP) is 5.72. The van der Waals surface area contributed by atoms with Crippen LogP contribution in [-0.4, -0.2) is 30.9 Å². The Morgan fingerprint density at radius 2 is 1.91 bits per heavy atom. The van der Waals surface area contributed by atoms with Crippen LogP contribution in [0.1, 0.15) is 17.5 Å². The number of rotatable bonds is 8. The van der Waals surface area contributed by atoms with E-state index in [1.807, 2.05) is 37.3 Å². The van der Waals surface area contributed by atoms with E-state index in [9.17, 15) is 10.1 Å². The third-order valence-electron chi connectivity index (χ3n) is 4.69. The van der Waals surface area contributed by atoms with Crippen molar-refractivity contribution in [1.29, 1.82) is 5.26 Å². The van der Waals surface area contributed by atoms with Crippen LogP contribution < -0.4 is 14.8 Å². The molecule has 0 aliphatic rings. The molecule has 0 aliphatic heterocycles. The first kappa shape index (κ1) is 23.5. The third kappa shape index (κ3) is 5.72. The van der Waals surface area contributed by atoms with Crippen molar-refractivity contribution < 1.29 is 14.3 Å². The number of halogens is 1. The van der Waals surface area contributed by atoms with Gasteiger partial charge in [0, 0.05) is 28.8 Å². The highest BCUT2D eigenvalue weighted by atomic mass is 35.5. The van der Waals surface area contributed by atoms with Crippen LogP contribution in [0.5, 0.6) is 11.5 Å². The second-order valence-corrected chi connectivity index (χ2v) is 8.33. The van der Waals surface area contributed by atoms with Gasteiger partial charge in [0.05, 0.1) is 31.2 Å². The quantitative estimate of drug-likeness (QED) is 0.426. The Morgan fingerprint density at radius 3 is 2.56 bits per heavy atom. The summed E-state index contributed by atoms with van der Waals surface area (Å²) in [6.07, 6.45) is 0.245. The van der Waals surface area contributed by atoms with E-state index in [4.69, 9.17) is 21.1 Å². The highest BCUT2D eigenvalue weighted by molar-refractivity contribution is 7.99. The van der Waals surface area contributed by atoms with Crippen molar-refractivity contribution >= 4 is 35.0 Å². The van der Waals surface area contributed by atoms with E-state index in [0.717, 1.165) is 22.6 Å². The van der Waals surface area contributed by atoms with Crippen molar-refractivity contribution in [3.8, 4) is 28.8 Å². The predicted molar refractivity (Wildman–Crippen MR) is 128 cm³/mol. The molecule has 2 aromatic carbocycles. The van der Waals surface area contributed by atoms with Crippen LogP contribution in [0.25, 0.3) is 11.3 Å². The number of thioether (sulfide) groups is 1. The standard InChI is InChI=1S/C24H22ClN3O3S/c1-15-12-21(22(31-3)13-19(15)25)27-23(29)10-11-32-24-17(14-26)6-9-20(28-24)16-4-7-18(30-2)8-5-16/h4-9,12-13H,10-11H2,1-3H3,(H,27,29). The van der Waals surface area contributed by atoms with E-state index in [1.54, 1.807) is 25.3 Å². The molecule has 32 heavy (non-hydrogen) atoms. The van der Waals surface area contributed by atoms with Crippen molar-refractivity contribution in [2.45, 2.75) is 18.4 Å². The molecule has 0 unspecified atom stereocenters. The number of nitriles is 1. The molecule has 0 fully saturated rings. The molecule has 1 heterocycles. The number of benzene rings is 2. The lowest BCUT2D eigenvalue weighted by atomic mass is 10.1. The lowest BCUT2D eigenvalue weighted by molar-refractivity contribution is -0.115. The van der Waals surface area contributed by atoms with E-state index in [2.05, 4.69) is 16.4 Å². The molecule has 8 heteroatoms. The summed E-state index contributed by atoms with van der Waals surface area (Å²) in [6, 6.07) is 16.7. The Labute approximate surface area is 196 Å². The first-order valence-corrected chi connectivity index (χ1v) is 11.1. The number of hydrogen-bond acceptors (Lipinski definition) is 6. The molecular weight excluding hydrogens is 446 g/mol. The normalized spacial score (nSPS) is 10.3. The molecular formula is C24H22ClN3O3S. The van der Waals surface area contributed by atoms with Gasteiger partial charge in [-0.25, -0.2) is 4.98 Å². The van der Waals surface area contributed by atoms with Crippen molar-refractivity contribution in [2.75, 3.05) is 25.3 Å². The summed E-state index contributed by atoms with van der Waals surface area (Å²) in [5, 5.41) is 13.5. The van der Waals surface area contributed by atoms with Gasteiger partial charge in [-0.05, 0) is 55.0 Å². The number of methoxy groups -OCH3 is 2. The molecule has 0 atom stereocenters.